The number of aryl methyl sites for hydroxylation is 2. The molecule has 1 aliphatic carbocycles. The van der Waals surface area contributed by atoms with E-state index in [4.69, 9.17) is 5.73 Å². The molecule has 2 rings (SSSR count). The second-order valence-electron chi connectivity index (χ2n) is 4.25. The quantitative estimate of drug-likeness (QED) is 0.706. The maximum atomic E-state index is 10.3. The Kier molecular flexibility index (Phi) is 2.33. The Balaban J connectivity index is 2.52. The van der Waals surface area contributed by atoms with Crippen LogP contribution >= 0.6 is 0 Å². The summed E-state index contributed by atoms with van der Waals surface area (Å²) in [5, 5.41) is 10.3. The number of benzene rings is 1. The Morgan fingerprint density at radius 1 is 1.50 bits per heavy atom. The molecule has 1 atom stereocenters. The normalized spacial score (nSPS) is 25.9. The Bertz CT molecular complexity index is 348. The molecule has 0 heterocycles. The van der Waals surface area contributed by atoms with Gasteiger partial charge in [-0.1, -0.05) is 23.8 Å². The number of hydrogen-bond acceptors (Lipinski definition) is 2. The van der Waals surface area contributed by atoms with Crippen LogP contribution in [0.5, 0.6) is 0 Å². The smallest absolute Gasteiger partial charge is 0.102 e. The van der Waals surface area contributed by atoms with Gasteiger partial charge in [-0.15, -0.1) is 0 Å². The molecule has 0 spiro atoms. The molecule has 0 fully saturated rings. The molecule has 0 radical (unpaired) electrons. The maximum Gasteiger partial charge on any atom is 0.102 e. The molecule has 0 amide bonds. The summed E-state index contributed by atoms with van der Waals surface area (Å²) < 4.78 is 0. The molecule has 1 unspecified atom stereocenters. The van der Waals surface area contributed by atoms with Gasteiger partial charge in [0.2, 0.25) is 0 Å². The van der Waals surface area contributed by atoms with Crippen LogP contribution in [0, 0.1) is 6.92 Å². The lowest BCUT2D eigenvalue weighted by molar-refractivity contribution is 0.0279. The molecular formula is C12H17NO. The van der Waals surface area contributed by atoms with E-state index in [0.717, 1.165) is 24.8 Å². The van der Waals surface area contributed by atoms with Gasteiger partial charge in [0.25, 0.3) is 0 Å². The van der Waals surface area contributed by atoms with E-state index in [9.17, 15) is 5.11 Å². The van der Waals surface area contributed by atoms with E-state index in [0.29, 0.717) is 6.54 Å². The Labute approximate surface area is 84.7 Å². The summed E-state index contributed by atoms with van der Waals surface area (Å²) in [6, 6.07) is 6.28. The lowest BCUT2D eigenvalue weighted by atomic mass is 9.78. The van der Waals surface area contributed by atoms with Crippen LogP contribution in [0.1, 0.15) is 29.5 Å². The number of fused-ring (bicyclic) bond motifs is 1. The average molecular weight is 191 g/mol. The van der Waals surface area contributed by atoms with Crippen molar-refractivity contribution in [3.63, 3.8) is 0 Å². The van der Waals surface area contributed by atoms with Gasteiger partial charge >= 0.3 is 0 Å². The first kappa shape index (κ1) is 9.69. The molecule has 0 bridgehead atoms. The van der Waals surface area contributed by atoms with Gasteiger partial charge in [-0.25, -0.2) is 0 Å². The molecule has 1 aliphatic rings. The third-order valence-electron chi connectivity index (χ3n) is 3.14. The second-order valence-corrected chi connectivity index (χ2v) is 4.25. The molecule has 0 saturated carbocycles. The Hall–Kier alpha value is -0.860. The van der Waals surface area contributed by atoms with Crippen LogP contribution in [-0.2, 0) is 12.0 Å². The summed E-state index contributed by atoms with van der Waals surface area (Å²) in [5.74, 6) is 0. The van der Waals surface area contributed by atoms with Crippen molar-refractivity contribution in [3.8, 4) is 0 Å². The van der Waals surface area contributed by atoms with E-state index in [1.54, 1.807) is 0 Å². The van der Waals surface area contributed by atoms with Crippen molar-refractivity contribution in [2.75, 3.05) is 6.54 Å². The highest BCUT2D eigenvalue weighted by Crippen LogP contribution is 2.34. The SMILES string of the molecule is Cc1ccc2c(c1)C(O)(CN)CCC2. The van der Waals surface area contributed by atoms with Crippen LogP contribution in [0.2, 0.25) is 0 Å². The van der Waals surface area contributed by atoms with E-state index in [2.05, 4.69) is 18.2 Å². The third-order valence-corrected chi connectivity index (χ3v) is 3.14. The van der Waals surface area contributed by atoms with Crippen molar-refractivity contribution >= 4 is 0 Å². The highest BCUT2D eigenvalue weighted by molar-refractivity contribution is 5.38. The zero-order chi connectivity index (χ0) is 10.2. The van der Waals surface area contributed by atoms with Crippen LogP contribution in [0.15, 0.2) is 18.2 Å². The minimum absolute atomic E-state index is 0.323. The zero-order valence-corrected chi connectivity index (χ0v) is 8.59. The van der Waals surface area contributed by atoms with Gasteiger partial charge in [-0.3, -0.25) is 0 Å². The fourth-order valence-corrected chi connectivity index (χ4v) is 2.26. The van der Waals surface area contributed by atoms with Crippen molar-refractivity contribution in [3.05, 3.63) is 34.9 Å². The van der Waals surface area contributed by atoms with Crippen LogP contribution in [0.25, 0.3) is 0 Å². The summed E-state index contributed by atoms with van der Waals surface area (Å²) >= 11 is 0. The number of nitrogens with two attached hydrogens (primary N) is 1. The molecule has 2 heteroatoms. The summed E-state index contributed by atoms with van der Waals surface area (Å²) in [6.45, 7) is 2.37. The largest absolute Gasteiger partial charge is 0.384 e. The lowest BCUT2D eigenvalue weighted by Gasteiger charge is -2.33. The van der Waals surface area contributed by atoms with E-state index >= 15 is 0 Å². The van der Waals surface area contributed by atoms with Gasteiger partial charge in [0, 0.05) is 6.54 Å². The standard InChI is InChI=1S/C12H17NO/c1-9-4-5-10-3-2-6-12(14,8-13)11(10)7-9/h4-5,7,14H,2-3,6,8,13H2,1H3. The van der Waals surface area contributed by atoms with Crippen LogP contribution in [0.4, 0.5) is 0 Å². The highest BCUT2D eigenvalue weighted by Gasteiger charge is 2.32. The summed E-state index contributed by atoms with van der Waals surface area (Å²) in [4.78, 5) is 0. The molecule has 14 heavy (non-hydrogen) atoms. The van der Waals surface area contributed by atoms with Crippen molar-refractivity contribution in [1.29, 1.82) is 0 Å². The summed E-state index contributed by atoms with van der Waals surface area (Å²) in [6.07, 6.45) is 2.89. The van der Waals surface area contributed by atoms with Gasteiger partial charge in [-0.05, 0) is 37.3 Å². The minimum atomic E-state index is -0.778. The van der Waals surface area contributed by atoms with E-state index in [1.165, 1.54) is 11.1 Å². The van der Waals surface area contributed by atoms with Gasteiger partial charge < -0.3 is 10.8 Å². The first-order valence-electron chi connectivity index (χ1n) is 5.18. The number of aliphatic hydroxyl groups is 1. The second kappa shape index (κ2) is 3.37. The van der Waals surface area contributed by atoms with Crippen LogP contribution in [0.3, 0.4) is 0 Å². The topological polar surface area (TPSA) is 46.2 Å². The van der Waals surface area contributed by atoms with Crippen molar-refractivity contribution in [1.82, 2.24) is 0 Å². The van der Waals surface area contributed by atoms with Crippen LogP contribution < -0.4 is 5.73 Å². The maximum absolute atomic E-state index is 10.3. The predicted octanol–water partition coefficient (Wildman–Crippen LogP) is 1.48. The Morgan fingerprint density at radius 2 is 2.29 bits per heavy atom. The molecule has 0 aliphatic heterocycles. The number of rotatable bonds is 1. The third kappa shape index (κ3) is 1.45. The molecule has 0 aromatic heterocycles. The van der Waals surface area contributed by atoms with E-state index < -0.39 is 5.60 Å². The van der Waals surface area contributed by atoms with E-state index in [-0.39, 0.29) is 0 Å². The van der Waals surface area contributed by atoms with Crippen molar-refractivity contribution in [2.24, 2.45) is 5.73 Å². The van der Waals surface area contributed by atoms with Crippen LogP contribution in [-0.4, -0.2) is 11.7 Å². The molecule has 0 saturated heterocycles. The van der Waals surface area contributed by atoms with Crippen molar-refractivity contribution < 1.29 is 5.11 Å². The Morgan fingerprint density at radius 3 is 3.00 bits per heavy atom. The zero-order valence-electron chi connectivity index (χ0n) is 8.59. The fraction of sp³-hybridized carbons (Fsp3) is 0.500. The van der Waals surface area contributed by atoms with Gasteiger partial charge in [0.15, 0.2) is 0 Å². The number of hydrogen-bond donors (Lipinski definition) is 2. The van der Waals surface area contributed by atoms with Gasteiger partial charge in [0.05, 0.1) is 0 Å². The minimum Gasteiger partial charge on any atom is -0.384 e. The molecule has 1 aromatic rings. The molecular weight excluding hydrogens is 174 g/mol. The first-order valence-corrected chi connectivity index (χ1v) is 5.18. The fourth-order valence-electron chi connectivity index (χ4n) is 2.26. The van der Waals surface area contributed by atoms with Gasteiger partial charge in [-0.2, -0.15) is 0 Å². The summed E-state index contributed by atoms with van der Waals surface area (Å²) in [5.41, 5.74) is 8.37. The van der Waals surface area contributed by atoms with Gasteiger partial charge in [0.1, 0.15) is 5.60 Å². The first-order chi connectivity index (χ1) is 6.65. The molecule has 1 aromatic carbocycles. The monoisotopic (exact) mass is 191 g/mol. The predicted molar refractivity (Wildman–Crippen MR) is 57.1 cm³/mol. The van der Waals surface area contributed by atoms with E-state index in [1.807, 2.05) is 6.92 Å². The lowest BCUT2D eigenvalue weighted by Crippen LogP contribution is -2.38. The molecule has 3 N–H and O–H groups in total. The highest BCUT2D eigenvalue weighted by atomic mass is 16.3. The summed E-state index contributed by atoms with van der Waals surface area (Å²) in [7, 11) is 0. The molecule has 76 valence electrons. The molecule has 2 nitrogen and oxygen atoms in total. The average Bonchev–Trinajstić information content (AvgIpc) is 2.20. The van der Waals surface area contributed by atoms with Crippen molar-refractivity contribution in [2.45, 2.75) is 31.8 Å².